The van der Waals surface area contributed by atoms with E-state index in [2.05, 4.69) is 113 Å². The summed E-state index contributed by atoms with van der Waals surface area (Å²) >= 11 is 0. The third-order valence-corrected chi connectivity index (χ3v) is 18.7. The summed E-state index contributed by atoms with van der Waals surface area (Å²) in [6.07, 6.45) is 75.6. The third kappa shape index (κ3) is 72.6. The smallest absolute Gasteiger partial charge is 0.462 e. The molecule has 0 aliphatic heterocycles. The van der Waals surface area contributed by atoms with Crippen LogP contribution in [0.4, 0.5) is 0 Å². The average molecular weight is 1450 g/mol. The van der Waals surface area contributed by atoms with Crippen LogP contribution in [0.25, 0.3) is 0 Å². The van der Waals surface area contributed by atoms with Gasteiger partial charge in [0, 0.05) is 25.7 Å². The van der Waals surface area contributed by atoms with Crippen molar-refractivity contribution in [2.75, 3.05) is 39.6 Å². The summed E-state index contributed by atoms with van der Waals surface area (Å²) in [7, 11) is -9.95. The highest BCUT2D eigenvalue weighted by Crippen LogP contribution is 2.45. The van der Waals surface area contributed by atoms with E-state index >= 15 is 0 Å². The zero-order valence-electron chi connectivity index (χ0n) is 63.4. The standard InChI is InChI=1S/C81H144O17P2/c1-5-9-13-17-21-25-29-33-35-36-37-38-40-43-46-50-54-58-62-66-79(84)92-72-76(97-80(85)67-63-59-55-51-47-42-32-28-24-20-16-12-8-4)73-95-99(87,88)93-69-75(82)70-94-100(89,90)96-74-77(71-91-78(83)65-61-57-53-49-45-41-31-27-23-19-15-11-7-3)98-81(86)68-64-60-56-52-48-44-39-34-30-26-22-18-14-10-6-2/h9,13,21,25,27-28,31-33,35,37-38,43,46,75-77,82H,5-8,10-12,14-20,22-24,26,29-30,34,36,39-42,44-45,47-74H2,1-4H3,(H,87,88)(H,89,90)/b13-9-,25-21-,31-27-,32-28-,35-33-,38-37-,46-43-/t75-,76-,77-/m1/s1. The molecular formula is C81H144O17P2. The van der Waals surface area contributed by atoms with E-state index in [1.807, 2.05) is 0 Å². The van der Waals surface area contributed by atoms with E-state index in [1.54, 1.807) is 0 Å². The van der Waals surface area contributed by atoms with Crippen molar-refractivity contribution < 1.29 is 80.2 Å². The molecular weight excluding hydrogens is 1310 g/mol. The van der Waals surface area contributed by atoms with Crippen LogP contribution in [0.3, 0.4) is 0 Å². The number of hydrogen-bond acceptors (Lipinski definition) is 15. The number of carbonyl (C=O) groups is 4. The molecule has 100 heavy (non-hydrogen) atoms. The summed E-state index contributed by atoms with van der Waals surface area (Å²) in [5, 5.41) is 10.6. The van der Waals surface area contributed by atoms with Crippen LogP contribution in [0, 0.1) is 0 Å². The number of ether oxygens (including phenoxy) is 4. The number of aliphatic hydroxyl groups excluding tert-OH is 1. The van der Waals surface area contributed by atoms with E-state index in [0.717, 1.165) is 154 Å². The molecule has 19 heteroatoms. The molecule has 0 saturated heterocycles. The number of hydrogen-bond donors (Lipinski definition) is 3. The molecule has 0 aromatic heterocycles. The average Bonchev–Trinajstić information content (AvgIpc) is 0.924. The Kier molecular flexibility index (Phi) is 70.8. The molecule has 0 aromatic carbocycles. The normalized spacial score (nSPS) is 14.3. The number of phosphoric ester groups is 2. The second-order valence-electron chi connectivity index (χ2n) is 26.6. The van der Waals surface area contributed by atoms with Gasteiger partial charge in [-0.2, -0.15) is 0 Å². The summed E-state index contributed by atoms with van der Waals surface area (Å²) < 4.78 is 68.5. The fraction of sp³-hybridized carbons (Fsp3) is 0.778. The number of carbonyl (C=O) groups excluding carboxylic acids is 4. The molecule has 3 N–H and O–H groups in total. The van der Waals surface area contributed by atoms with E-state index in [-0.39, 0.29) is 25.7 Å². The van der Waals surface area contributed by atoms with E-state index < -0.39 is 97.5 Å². The number of esters is 4. The molecule has 0 aliphatic rings. The first kappa shape index (κ1) is 96.2. The first-order chi connectivity index (χ1) is 48.7. The second-order valence-corrected chi connectivity index (χ2v) is 29.5. The fourth-order valence-electron chi connectivity index (χ4n) is 10.8. The summed E-state index contributed by atoms with van der Waals surface area (Å²) in [5.74, 6) is -2.21. The van der Waals surface area contributed by atoms with Crippen molar-refractivity contribution in [1.29, 1.82) is 0 Å². The van der Waals surface area contributed by atoms with Crippen molar-refractivity contribution >= 4 is 39.5 Å². The molecule has 0 heterocycles. The molecule has 0 radical (unpaired) electrons. The quantitative estimate of drug-likeness (QED) is 0.0169. The van der Waals surface area contributed by atoms with Crippen LogP contribution >= 0.6 is 15.6 Å². The molecule has 0 aromatic rings. The van der Waals surface area contributed by atoms with Gasteiger partial charge < -0.3 is 33.8 Å². The van der Waals surface area contributed by atoms with Gasteiger partial charge in [0.1, 0.15) is 19.3 Å². The van der Waals surface area contributed by atoms with Gasteiger partial charge >= 0.3 is 39.5 Å². The minimum absolute atomic E-state index is 0.0784. The van der Waals surface area contributed by atoms with Gasteiger partial charge in [-0.25, -0.2) is 9.13 Å². The first-order valence-electron chi connectivity index (χ1n) is 39.8. The fourth-order valence-corrected chi connectivity index (χ4v) is 12.3. The predicted molar refractivity (Wildman–Crippen MR) is 409 cm³/mol. The number of allylic oxidation sites excluding steroid dienone is 14. The summed E-state index contributed by atoms with van der Waals surface area (Å²) in [6.45, 7) is 4.73. The van der Waals surface area contributed by atoms with Crippen LogP contribution in [0.15, 0.2) is 85.1 Å². The topological polar surface area (TPSA) is 237 Å². The van der Waals surface area contributed by atoms with Crippen molar-refractivity contribution in [1.82, 2.24) is 0 Å². The highest BCUT2D eigenvalue weighted by molar-refractivity contribution is 7.47. The van der Waals surface area contributed by atoms with Gasteiger partial charge in [0.25, 0.3) is 0 Å². The van der Waals surface area contributed by atoms with Gasteiger partial charge in [-0.1, -0.05) is 286 Å². The van der Waals surface area contributed by atoms with Gasteiger partial charge in [0.15, 0.2) is 12.2 Å². The molecule has 0 spiro atoms. The first-order valence-corrected chi connectivity index (χ1v) is 42.8. The molecule has 0 fully saturated rings. The summed E-state index contributed by atoms with van der Waals surface area (Å²) in [6, 6.07) is 0. The monoisotopic (exact) mass is 1450 g/mol. The maximum atomic E-state index is 13.1. The summed E-state index contributed by atoms with van der Waals surface area (Å²) in [4.78, 5) is 72.9. The molecule has 0 amide bonds. The lowest BCUT2D eigenvalue weighted by Gasteiger charge is -2.21. The Morgan fingerprint density at radius 1 is 0.290 bits per heavy atom. The zero-order chi connectivity index (χ0) is 73.2. The maximum absolute atomic E-state index is 13.1. The van der Waals surface area contributed by atoms with Crippen LogP contribution in [0.5, 0.6) is 0 Å². The van der Waals surface area contributed by atoms with E-state index in [9.17, 15) is 43.2 Å². The minimum Gasteiger partial charge on any atom is -0.462 e. The van der Waals surface area contributed by atoms with E-state index in [1.165, 1.54) is 116 Å². The number of phosphoric acid groups is 2. The number of unbranched alkanes of at least 4 members (excludes halogenated alkanes) is 35. The van der Waals surface area contributed by atoms with Crippen LogP contribution in [-0.2, 0) is 65.4 Å². The van der Waals surface area contributed by atoms with Crippen LogP contribution < -0.4 is 0 Å². The van der Waals surface area contributed by atoms with E-state index in [0.29, 0.717) is 25.7 Å². The Hall–Kier alpha value is -3.76. The lowest BCUT2D eigenvalue weighted by Crippen LogP contribution is -2.30. The molecule has 0 aliphatic carbocycles. The second kappa shape index (κ2) is 73.5. The Morgan fingerprint density at radius 2 is 0.520 bits per heavy atom. The minimum atomic E-state index is -4.98. The van der Waals surface area contributed by atoms with Crippen molar-refractivity contribution in [3.05, 3.63) is 85.1 Å². The van der Waals surface area contributed by atoms with Crippen molar-refractivity contribution in [3.8, 4) is 0 Å². The largest absolute Gasteiger partial charge is 0.472 e. The lowest BCUT2D eigenvalue weighted by molar-refractivity contribution is -0.161. The van der Waals surface area contributed by atoms with Gasteiger partial charge in [-0.05, 0) is 122 Å². The van der Waals surface area contributed by atoms with Crippen molar-refractivity contribution in [2.45, 2.75) is 367 Å². The molecule has 2 unspecified atom stereocenters. The number of aliphatic hydroxyl groups is 1. The predicted octanol–water partition coefficient (Wildman–Crippen LogP) is 23.0. The highest BCUT2D eigenvalue weighted by atomic mass is 31.2. The van der Waals surface area contributed by atoms with E-state index in [4.69, 9.17) is 37.0 Å². The highest BCUT2D eigenvalue weighted by Gasteiger charge is 2.30. The van der Waals surface area contributed by atoms with Gasteiger partial charge in [0.05, 0.1) is 26.4 Å². The molecule has 580 valence electrons. The van der Waals surface area contributed by atoms with Gasteiger partial charge in [0.2, 0.25) is 0 Å². The number of rotatable bonds is 75. The molecule has 0 saturated carbocycles. The van der Waals surface area contributed by atoms with Gasteiger partial charge in [-0.3, -0.25) is 37.3 Å². The molecule has 0 bridgehead atoms. The molecule has 17 nitrogen and oxygen atoms in total. The zero-order valence-corrected chi connectivity index (χ0v) is 65.2. The van der Waals surface area contributed by atoms with Crippen LogP contribution in [-0.4, -0.2) is 96.7 Å². The SMILES string of the molecule is CC/C=C\C/C=C\C/C=C\C/C=C\C/C=C\CCCCCC(=O)OC[C@H](COP(=O)(O)OC[C@@H](O)COP(=O)(O)OC[C@@H](COC(=O)CCCCCCC/C=C\CCCCCC)OC(=O)CCCCCCCCCCCCCCCCC)OC(=O)CCCCCCC/C=C\CCCCCC. The Morgan fingerprint density at radius 3 is 0.830 bits per heavy atom. The maximum Gasteiger partial charge on any atom is 0.472 e. The van der Waals surface area contributed by atoms with Crippen LogP contribution in [0.2, 0.25) is 0 Å². The summed E-state index contributed by atoms with van der Waals surface area (Å²) in [5.41, 5.74) is 0. The lowest BCUT2D eigenvalue weighted by atomic mass is 10.0. The van der Waals surface area contributed by atoms with Crippen LogP contribution in [0.1, 0.15) is 349 Å². The molecule has 0 rings (SSSR count). The van der Waals surface area contributed by atoms with Crippen molar-refractivity contribution in [2.24, 2.45) is 0 Å². The Bertz CT molecular complexity index is 2230. The van der Waals surface area contributed by atoms with Crippen molar-refractivity contribution in [3.63, 3.8) is 0 Å². The molecule has 5 atom stereocenters. The Labute approximate surface area is 608 Å². The Balaban J connectivity index is 5.35. The van der Waals surface area contributed by atoms with Gasteiger partial charge in [-0.15, -0.1) is 0 Å². The third-order valence-electron chi connectivity index (χ3n) is 16.8.